The van der Waals surface area contributed by atoms with Gasteiger partial charge in [-0.25, -0.2) is 15.0 Å². The molecule has 1 N–H and O–H groups in total. The first-order valence-electron chi connectivity index (χ1n) is 7.01. The molecule has 0 amide bonds. The largest absolute Gasteiger partial charge is 0.372 e. The number of nitrogens with zero attached hydrogens (tertiary/aromatic N) is 4. The topological polar surface area (TPSA) is 55.6 Å². The summed E-state index contributed by atoms with van der Waals surface area (Å²) >= 11 is 2.32. The average molecular weight is 383 g/mol. The molecule has 20 heavy (non-hydrogen) atoms. The standard InChI is InChI=1S/C14H18IN5/c1-3-4-10-12(15)14(16-2)19-13(18-10)11-7-17-8-20(11)9-5-6-9/h7-9H,3-6H2,1-2H3,(H,16,18,19). The van der Waals surface area contributed by atoms with Crippen molar-refractivity contribution >= 4 is 28.4 Å². The second-order valence-corrected chi connectivity index (χ2v) is 6.15. The van der Waals surface area contributed by atoms with E-state index in [-0.39, 0.29) is 0 Å². The minimum atomic E-state index is 0.586. The smallest absolute Gasteiger partial charge is 0.180 e. The number of rotatable bonds is 5. The summed E-state index contributed by atoms with van der Waals surface area (Å²) in [5.41, 5.74) is 2.14. The molecule has 2 aromatic heterocycles. The molecule has 5 nitrogen and oxygen atoms in total. The molecule has 1 aliphatic carbocycles. The van der Waals surface area contributed by atoms with E-state index in [4.69, 9.17) is 4.98 Å². The van der Waals surface area contributed by atoms with Gasteiger partial charge < -0.3 is 9.88 Å². The number of nitrogens with one attached hydrogen (secondary N) is 1. The van der Waals surface area contributed by atoms with Crippen LogP contribution in [0.25, 0.3) is 11.5 Å². The summed E-state index contributed by atoms with van der Waals surface area (Å²) in [6.45, 7) is 2.17. The van der Waals surface area contributed by atoms with Gasteiger partial charge in [-0.1, -0.05) is 13.3 Å². The molecule has 0 aromatic carbocycles. The van der Waals surface area contributed by atoms with Gasteiger partial charge in [0.25, 0.3) is 0 Å². The molecule has 2 aromatic rings. The molecule has 2 heterocycles. The third-order valence-electron chi connectivity index (χ3n) is 3.48. The van der Waals surface area contributed by atoms with Crippen molar-refractivity contribution in [2.45, 2.75) is 38.6 Å². The molecule has 6 heteroatoms. The molecule has 0 atom stereocenters. The van der Waals surface area contributed by atoms with Crippen molar-refractivity contribution in [2.75, 3.05) is 12.4 Å². The molecule has 0 unspecified atom stereocenters. The minimum absolute atomic E-state index is 0.586. The van der Waals surface area contributed by atoms with Crippen LogP contribution in [0.15, 0.2) is 12.5 Å². The molecule has 0 radical (unpaired) electrons. The van der Waals surface area contributed by atoms with E-state index in [1.807, 2.05) is 19.6 Å². The summed E-state index contributed by atoms with van der Waals surface area (Å²) in [7, 11) is 1.90. The SMILES string of the molecule is CCCc1nc(-c2cncn2C2CC2)nc(NC)c1I. The number of aromatic nitrogens is 4. The molecular weight excluding hydrogens is 365 g/mol. The predicted octanol–water partition coefficient (Wildman–Crippen LogP) is 3.27. The number of hydrogen-bond donors (Lipinski definition) is 1. The fraction of sp³-hybridized carbons (Fsp3) is 0.500. The van der Waals surface area contributed by atoms with Crippen molar-refractivity contribution in [3.05, 3.63) is 21.8 Å². The number of anilines is 1. The van der Waals surface area contributed by atoms with Crippen LogP contribution in [-0.4, -0.2) is 26.6 Å². The maximum Gasteiger partial charge on any atom is 0.180 e. The fourth-order valence-corrected chi connectivity index (χ4v) is 3.08. The Kier molecular flexibility index (Phi) is 3.91. The van der Waals surface area contributed by atoms with E-state index in [0.717, 1.165) is 39.4 Å². The second-order valence-electron chi connectivity index (χ2n) is 5.07. The Morgan fingerprint density at radius 2 is 2.20 bits per heavy atom. The fourth-order valence-electron chi connectivity index (χ4n) is 2.30. The van der Waals surface area contributed by atoms with E-state index in [0.29, 0.717) is 6.04 Å². The number of aryl methyl sites for hydroxylation is 1. The van der Waals surface area contributed by atoms with Crippen LogP contribution in [-0.2, 0) is 6.42 Å². The van der Waals surface area contributed by atoms with Crippen LogP contribution < -0.4 is 5.32 Å². The van der Waals surface area contributed by atoms with Crippen molar-refractivity contribution in [3.63, 3.8) is 0 Å². The third-order valence-corrected chi connectivity index (χ3v) is 4.61. The Morgan fingerprint density at radius 1 is 1.40 bits per heavy atom. The summed E-state index contributed by atoms with van der Waals surface area (Å²) < 4.78 is 3.32. The first-order chi connectivity index (χ1) is 9.74. The molecule has 106 valence electrons. The minimum Gasteiger partial charge on any atom is -0.372 e. The van der Waals surface area contributed by atoms with Gasteiger partial charge in [0.15, 0.2) is 5.82 Å². The average Bonchev–Trinajstić information content (AvgIpc) is 3.19. The summed E-state index contributed by atoms with van der Waals surface area (Å²) in [5.74, 6) is 1.69. The van der Waals surface area contributed by atoms with Gasteiger partial charge in [0, 0.05) is 13.1 Å². The van der Waals surface area contributed by atoms with Crippen LogP contribution in [0.1, 0.15) is 37.9 Å². The lowest BCUT2D eigenvalue weighted by Gasteiger charge is -2.12. The zero-order valence-electron chi connectivity index (χ0n) is 11.7. The summed E-state index contributed by atoms with van der Waals surface area (Å²) in [6, 6.07) is 0.586. The van der Waals surface area contributed by atoms with Crippen LogP contribution in [0.3, 0.4) is 0 Å². The zero-order chi connectivity index (χ0) is 14.1. The maximum absolute atomic E-state index is 4.76. The van der Waals surface area contributed by atoms with Crippen molar-refractivity contribution in [2.24, 2.45) is 0 Å². The summed E-state index contributed by atoms with van der Waals surface area (Å²) in [5, 5.41) is 3.17. The third kappa shape index (κ3) is 2.53. The molecule has 1 saturated carbocycles. The van der Waals surface area contributed by atoms with E-state index in [1.54, 1.807) is 0 Å². The Morgan fingerprint density at radius 3 is 2.85 bits per heavy atom. The first-order valence-corrected chi connectivity index (χ1v) is 8.08. The molecule has 3 rings (SSSR count). The van der Waals surface area contributed by atoms with E-state index >= 15 is 0 Å². The Balaban J connectivity index is 2.08. The van der Waals surface area contributed by atoms with Crippen LogP contribution in [0.4, 0.5) is 5.82 Å². The molecule has 1 fully saturated rings. The summed E-state index contributed by atoms with van der Waals surface area (Å²) in [6.07, 6.45) is 8.28. The quantitative estimate of drug-likeness (QED) is 0.806. The predicted molar refractivity (Wildman–Crippen MR) is 87.8 cm³/mol. The lowest BCUT2D eigenvalue weighted by molar-refractivity contribution is 0.741. The molecule has 0 saturated heterocycles. The van der Waals surface area contributed by atoms with E-state index in [1.165, 1.54) is 12.8 Å². The summed E-state index contributed by atoms with van der Waals surface area (Å²) in [4.78, 5) is 13.7. The maximum atomic E-state index is 4.76. The van der Waals surface area contributed by atoms with Gasteiger partial charge in [-0.2, -0.15) is 0 Å². The van der Waals surface area contributed by atoms with Crippen LogP contribution in [0.2, 0.25) is 0 Å². The van der Waals surface area contributed by atoms with E-state index < -0.39 is 0 Å². The normalized spacial score (nSPS) is 14.6. The number of hydrogen-bond acceptors (Lipinski definition) is 4. The van der Waals surface area contributed by atoms with Crippen LogP contribution >= 0.6 is 22.6 Å². The van der Waals surface area contributed by atoms with Crippen LogP contribution in [0.5, 0.6) is 0 Å². The lowest BCUT2D eigenvalue weighted by atomic mass is 10.2. The van der Waals surface area contributed by atoms with Crippen molar-refractivity contribution in [3.8, 4) is 11.5 Å². The van der Waals surface area contributed by atoms with Gasteiger partial charge in [0.05, 0.1) is 21.8 Å². The highest BCUT2D eigenvalue weighted by molar-refractivity contribution is 14.1. The number of halogens is 1. The highest BCUT2D eigenvalue weighted by atomic mass is 127. The van der Waals surface area contributed by atoms with E-state index in [2.05, 4.69) is 49.4 Å². The van der Waals surface area contributed by atoms with Gasteiger partial charge in [0.1, 0.15) is 11.5 Å². The highest BCUT2D eigenvalue weighted by Crippen LogP contribution is 2.38. The van der Waals surface area contributed by atoms with Crippen LogP contribution in [0, 0.1) is 3.57 Å². The van der Waals surface area contributed by atoms with Gasteiger partial charge in [-0.3, -0.25) is 0 Å². The van der Waals surface area contributed by atoms with Crippen molar-refractivity contribution in [1.29, 1.82) is 0 Å². The monoisotopic (exact) mass is 383 g/mol. The Hall–Kier alpha value is -1.18. The number of imidazole rings is 1. The van der Waals surface area contributed by atoms with Gasteiger partial charge >= 0.3 is 0 Å². The van der Waals surface area contributed by atoms with Crippen molar-refractivity contribution < 1.29 is 0 Å². The molecule has 0 aliphatic heterocycles. The zero-order valence-corrected chi connectivity index (χ0v) is 13.9. The van der Waals surface area contributed by atoms with Gasteiger partial charge in [0.2, 0.25) is 0 Å². The second kappa shape index (κ2) is 5.67. The molecule has 0 spiro atoms. The van der Waals surface area contributed by atoms with E-state index in [9.17, 15) is 0 Å². The van der Waals surface area contributed by atoms with Crippen molar-refractivity contribution in [1.82, 2.24) is 19.5 Å². The Bertz CT molecular complexity index is 618. The molecule has 0 bridgehead atoms. The molecule has 1 aliphatic rings. The lowest BCUT2D eigenvalue weighted by Crippen LogP contribution is -2.07. The first kappa shape index (κ1) is 13.8. The van der Waals surface area contributed by atoms with Gasteiger partial charge in [-0.15, -0.1) is 0 Å². The molecular formula is C14H18IN5. The van der Waals surface area contributed by atoms with Gasteiger partial charge in [-0.05, 0) is 41.9 Å². The highest BCUT2D eigenvalue weighted by Gasteiger charge is 2.27. The Labute approximate surface area is 132 Å².